The van der Waals surface area contributed by atoms with E-state index in [-0.39, 0.29) is 5.69 Å². The fraction of sp³-hybridized carbons (Fsp3) is 0.111. The molecule has 0 bridgehead atoms. The molecule has 138 valence electrons. The first-order valence-electron chi connectivity index (χ1n) is 7.73. The Morgan fingerprint density at radius 1 is 1.11 bits per heavy atom. The Morgan fingerprint density at radius 2 is 1.78 bits per heavy atom. The normalized spacial score (nSPS) is 17.4. The van der Waals surface area contributed by atoms with Crippen LogP contribution in [0.5, 0.6) is 5.75 Å². The smallest absolute Gasteiger partial charge is 0.335 e. The van der Waals surface area contributed by atoms with Crippen LogP contribution in [0.15, 0.2) is 47.5 Å². The van der Waals surface area contributed by atoms with Crippen molar-refractivity contribution in [3.05, 3.63) is 52.5 Å². The summed E-state index contributed by atoms with van der Waals surface area (Å²) in [4.78, 5) is 42.1. The van der Waals surface area contributed by atoms with Crippen molar-refractivity contribution >= 4 is 58.6 Å². The van der Waals surface area contributed by atoms with E-state index < -0.39 is 23.8 Å². The zero-order valence-corrected chi connectivity index (χ0v) is 15.5. The summed E-state index contributed by atoms with van der Waals surface area (Å²) in [6, 6.07) is 10.2. The number of rotatable bonds is 4. The molecule has 1 aliphatic heterocycles. The number of ether oxygens (including phenoxy) is 1. The molecule has 1 fully saturated rings. The van der Waals surface area contributed by atoms with Gasteiger partial charge in [-0.05, 0) is 30.3 Å². The van der Waals surface area contributed by atoms with Gasteiger partial charge in [0.05, 0.1) is 18.5 Å². The largest absolute Gasteiger partial charge is 0.495 e. The second-order valence-corrected chi connectivity index (χ2v) is 6.40. The van der Waals surface area contributed by atoms with E-state index in [1.807, 2.05) is 0 Å². The first-order valence-corrected chi connectivity index (χ1v) is 8.48. The molecule has 0 unspecified atom stereocenters. The Hall–Kier alpha value is -2.90. The number of anilines is 1. The van der Waals surface area contributed by atoms with Crippen LogP contribution in [0.2, 0.25) is 10.0 Å². The molecule has 27 heavy (non-hydrogen) atoms. The molecule has 1 N–H and O–H groups in total. The van der Waals surface area contributed by atoms with E-state index in [2.05, 4.69) is 10.3 Å². The highest BCUT2D eigenvalue weighted by molar-refractivity contribution is 6.35. The average Bonchev–Trinajstić information content (AvgIpc) is 2.61. The number of aliphatic imine (C=N–C) groups is 1. The second-order valence-electron chi connectivity index (χ2n) is 5.52. The molecule has 7 nitrogen and oxygen atoms in total. The van der Waals surface area contributed by atoms with Crippen LogP contribution in [-0.4, -0.2) is 31.2 Å². The van der Waals surface area contributed by atoms with Crippen LogP contribution in [0.1, 0.15) is 0 Å². The Morgan fingerprint density at radius 3 is 2.44 bits per heavy atom. The number of benzene rings is 2. The van der Waals surface area contributed by atoms with Gasteiger partial charge in [-0.25, -0.2) is 9.69 Å². The van der Waals surface area contributed by atoms with E-state index in [1.165, 1.54) is 31.4 Å². The standard InChI is InChI=1S/C18H13Cl2N3O4/c1-27-15-5-3-2-4-14(15)23-17(25)13(16(24)22-18(23)26)9-21-12-7-10(19)6-11(20)8-12/h2-9,13H,1H3,(H,22,24,26)/t13-/m1/s1. The molecule has 1 heterocycles. The lowest BCUT2D eigenvalue weighted by Crippen LogP contribution is -2.58. The van der Waals surface area contributed by atoms with Crippen LogP contribution in [0.25, 0.3) is 0 Å². The summed E-state index contributed by atoms with van der Waals surface area (Å²) in [6.07, 6.45) is 1.15. The molecule has 0 aromatic heterocycles. The number of hydrogen-bond acceptors (Lipinski definition) is 5. The van der Waals surface area contributed by atoms with Gasteiger partial charge >= 0.3 is 6.03 Å². The van der Waals surface area contributed by atoms with E-state index in [4.69, 9.17) is 27.9 Å². The summed E-state index contributed by atoms with van der Waals surface area (Å²) in [7, 11) is 1.41. The molecular formula is C18H13Cl2N3O4. The Bertz CT molecular complexity index is 941. The van der Waals surface area contributed by atoms with Crippen molar-refractivity contribution in [3.63, 3.8) is 0 Å². The molecule has 1 saturated heterocycles. The molecule has 2 aromatic carbocycles. The summed E-state index contributed by atoms with van der Waals surface area (Å²) >= 11 is 11.8. The van der Waals surface area contributed by atoms with E-state index in [0.29, 0.717) is 21.5 Å². The SMILES string of the molecule is COc1ccccc1N1C(=O)NC(=O)[C@@H](C=Nc2cc(Cl)cc(Cl)c2)C1=O. The van der Waals surface area contributed by atoms with Gasteiger partial charge < -0.3 is 4.74 Å². The van der Waals surface area contributed by atoms with Gasteiger partial charge in [-0.15, -0.1) is 0 Å². The number of carbonyl (C=O) groups excluding carboxylic acids is 3. The van der Waals surface area contributed by atoms with Crippen LogP contribution in [0.4, 0.5) is 16.2 Å². The predicted octanol–water partition coefficient (Wildman–Crippen LogP) is 3.60. The minimum Gasteiger partial charge on any atom is -0.495 e. The number of nitrogens with zero attached hydrogens (tertiary/aromatic N) is 2. The summed E-state index contributed by atoms with van der Waals surface area (Å²) in [5.74, 6) is -2.50. The zero-order chi connectivity index (χ0) is 19.6. The van der Waals surface area contributed by atoms with Crippen molar-refractivity contribution in [1.82, 2.24) is 5.32 Å². The molecule has 4 amide bonds. The van der Waals surface area contributed by atoms with Gasteiger partial charge in [-0.3, -0.25) is 19.9 Å². The number of nitrogens with one attached hydrogen (secondary N) is 1. The number of hydrogen-bond donors (Lipinski definition) is 1. The predicted molar refractivity (Wildman–Crippen MR) is 102 cm³/mol. The third-order valence-corrected chi connectivity index (χ3v) is 4.18. The van der Waals surface area contributed by atoms with Crippen molar-refractivity contribution in [3.8, 4) is 5.75 Å². The molecule has 0 aliphatic carbocycles. The maximum atomic E-state index is 12.8. The number of carbonyl (C=O) groups is 3. The second kappa shape index (κ2) is 7.77. The fourth-order valence-corrected chi connectivity index (χ4v) is 3.05. The minimum absolute atomic E-state index is 0.221. The van der Waals surface area contributed by atoms with Gasteiger partial charge in [0.25, 0.3) is 5.91 Å². The van der Waals surface area contributed by atoms with Crippen LogP contribution >= 0.6 is 23.2 Å². The molecule has 1 aliphatic rings. The molecule has 1 atom stereocenters. The lowest BCUT2D eigenvalue weighted by Gasteiger charge is -2.29. The first kappa shape index (κ1) is 18.9. The number of para-hydroxylation sites is 2. The highest BCUT2D eigenvalue weighted by Crippen LogP contribution is 2.30. The van der Waals surface area contributed by atoms with Crippen molar-refractivity contribution in [2.75, 3.05) is 12.0 Å². The van der Waals surface area contributed by atoms with Crippen molar-refractivity contribution in [1.29, 1.82) is 0 Å². The van der Waals surface area contributed by atoms with Crippen LogP contribution in [0.3, 0.4) is 0 Å². The molecular weight excluding hydrogens is 393 g/mol. The first-order chi connectivity index (χ1) is 12.9. The van der Waals surface area contributed by atoms with E-state index in [1.54, 1.807) is 18.2 Å². The summed E-state index contributed by atoms with van der Waals surface area (Å²) in [5.41, 5.74) is 0.591. The molecule has 9 heteroatoms. The highest BCUT2D eigenvalue weighted by Gasteiger charge is 2.41. The average molecular weight is 406 g/mol. The van der Waals surface area contributed by atoms with Crippen molar-refractivity contribution < 1.29 is 19.1 Å². The topological polar surface area (TPSA) is 88.1 Å². The van der Waals surface area contributed by atoms with Crippen LogP contribution < -0.4 is 15.0 Å². The van der Waals surface area contributed by atoms with Gasteiger partial charge in [0.15, 0.2) is 5.92 Å². The van der Waals surface area contributed by atoms with Gasteiger partial charge in [0, 0.05) is 16.3 Å². The lowest BCUT2D eigenvalue weighted by atomic mass is 10.1. The van der Waals surface area contributed by atoms with Gasteiger partial charge in [0.1, 0.15) is 5.75 Å². The van der Waals surface area contributed by atoms with Gasteiger partial charge in [-0.2, -0.15) is 0 Å². The van der Waals surface area contributed by atoms with Crippen molar-refractivity contribution in [2.24, 2.45) is 10.9 Å². The third-order valence-electron chi connectivity index (χ3n) is 3.75. The zero-order valence-electron chi connectivity index (χ0n) is 14.0. The van der Waals surface area contributed by atoms with Crippen LogP contribution in [-0.2, 0) is 9.59 Å². The maximum absolute atomic E-state index is 12.8. The number of amides is 4. The number of barbiturate groups is 1. The quantitative estimate of drug-likeness (QED) is 0.621. The van der Waals surface area contributed by atoms with Gasteiger partial charge in [0.2, 0.25) is 5.91 Å². The third kappa shape index (κ3) is 3.94. The Balaban J connectivity index is 1.94. The minimum atomic E-state index is -1.30. The van der Waals surface area contributed by atoms with Crippen LogP contribution in [0, 0.1) is 5.92 Å². The summed E-state index contributed by atoms with van der Waals surface area (Å²) < 4.78 is 5.19. The lowest BCUT2D eigenvalue weighted by molar-refractivity contribution is -0.131. The number of halogens is 2. The number of imide groups is 2. The highest BCUT2D eigenvalue weighted by atomic mass is 35.5. The van der Waals surface area contributed by atoms with Gasteiger partial charge in [-0.1, -0.05) is 35.3 Å². The Kier molecular flexibility index (Phi) is 5.43. The molecule has 0 radical (unpaired) electrons. The van der Waals surface area contributed by atoms with Crippen molar-refractivity contribution in [2.45, 2.75) is 0 Å². The molecule has 3 rings (SSSR count). The Labute approximate surface area is 164 Å². The van der Waals surface area contributed by atoms with E-state index in [9.17, 15) is 14.4 Å². The maximum Gasteiger partial charge on any atom is 0.335 e. The van der Waals surface area contributed by atoms with E-state index in [0.717, 1.165) is 11.1 Å². The van der Waals surface area contributed by atoms with E-state index >= 15 is 0 Å². The monoisotopic (exact) mass is 405 g/mol. The summed E-state index contributed by atoms with van der Waals surface area (Å²) in [5, 5.41) is 2.87. The number of methoxy groups -OCH3 is 1. The molecule has 2 aromatic rings. The fourth-order valence-electron chi connectivity index (χ4n) is 2.54. The molecule has 0 spiro atoms. The molecule has 0 saturated carbocycles. The summed E-state index contributed by atoms with van der Waals surface area (Å²) in [6.45, 7) is 0. The number of urea groups is 1.